The van der Waals surface area contributed by atoms with Crippen molar-refractivity contribution >= 4 is 16.1 Å². The van der Waals surface area contributed by atoms with Gasteiger partial charge < -0.3 is 5.32 Å². The molecule has 0 aromatic heterocycles. The van der Waals surface area contributed by atoms with Crippen LogP contribution in [0.15, 0.2) is 12.7 Å². The van der Waals surface area contributed by atoms with Gasteiger partial charge in [-0.2, -0.15) is 0 Å². The maximum atomic E-state index is 11.2. The molecule has 2 amide bonds. The van der Waals surface area contributed by atoms with E-state index in [0.29, 0.717) is 6.54 Å². The summed E-state index contributed by atoms with van der Waals surface area (Å²) in [5, 5.41) is 2.41. The van der Waals surface area contributed by atoms with E-state index in [-0.39, 0.29) is 12.3 Å². The molecule has 5 nitrogen and oxygen atoms in total. The highest BCUT2D eigenvalue weighted by Crippen LogP contribution is 2.05. The highest BCUT2D eigenvalue weighted by molar-refractivity contribution is 7.89. The van der Waals surface area contributed by atoms with Gasteiger partial charge in [0.25, 0.3) is 0 Å². The number of nitrogens with one attached hydrogen (secondary N) is 1. The number of carbonyl (C=O) groups excluding carboxylic acids is 1. The third kappa shape index (κ3) is 1.58. The van der Waals surface area contributed by atoms with E-state index in [4.69, 9.17) is 0 Å². The largest absolute Gasteiger partial charge is 0.335 e. The Kier molecular flexibility index (Phi) is 2.37. The van der Waals surface area contributed by atoms with Gasteiger partial charge >= 0.3 is 6.03 Å². The molecule has 0 atom stereocenters. The third-order valence-corrected chi connectivity index (χ3v) is 3.16. The fourth-order valence-electron chi connectivity index (χ4n) is 0.958. The van der Waals surface area contributed by atoms with Gasteiger partial charge in [0.1, 0.15) is 0 Å². The van der Waals surface area contributed by atoms with E-state index in [1.165, 1.54) is 6.08 Å². The highest BCUT2D eigenvalue weighted by atomic mass is 32.2. The number of nitrogens with zero attached hydrogens (tertiary/aromatic N) is 1. The van der Waals surface area contributed by atoms with Crippen LogP contribution in [0.4, 0.5) is 4.79 Å². The Morgan fingerprint density at radius 3 is 2.75 bits per heavy atom. The zero-order valence-corrected chi connectivity index (χ0v) is 7.30. The number of sulfonamides is 1. The second-order valence-corrected chi connectivity index (χ2v) is 4.31. The normalized spacial score (nSPS) is 17.7. The van der Waals surface area contributed by atoms with Crippen LogP contribution < -0.4 is 5.32 Å². The lowest BCUT2D eigenvalue weighted by molar-refractivity contribution is 0.236. The molecule has 1 fully saturated rings. The lowest BCUT2D eigenvalue weighted by Gasteiger charge is -2.12. The molecular formula is C6H10N2O3S. The Bertz CT molecular complexity index is 296. The molecule has 1 heterocycles. The molecule has 0 aromatic rings. The Morgan fingerprint density at radius 1 is 1.67 bits per heavy atom. The number of carbonyl (C=O) groups is 1. The van der Waals surface area contributed by atoms with E-state index in [2.05, 4.69) is 11.9 Å². The molecule has 0 bridgehead atoms. The third-order valence-electron chi connectivity index (χ3n) is 1.48. The van der Waals surface area contributed by atoms with Crippen molar-refractivity contribution in [3.63, 3.8) is 0 Å². The van der Waals surface area contributed by atoms with Crippen LogP contribution in [0.5, 0.6) is 0 Å². The van der Waals surface area contributed by atoms with Gasteiger partial charge in [0.05, 0.1) is 12.3 Å². The zero-order chi connectivity index (χ0) is 9.19. The topological polar surface area (TPSA) is 66.5 Å². The monoisotopic (exact) mass is 190 g/mol. The van der Waals surface area contributed by atoms with Crippen molar-refractivity contribution in [3.05, 3.63) is 12.7 Å². The minimum absolute atomic E-state index is 0.194. The molecule has 0 unspecified atom stereocenters. The Hall–Kier alpha value is -1.04. The molecule has 0 aromatic carbocycles. The summed E-state index contributed by atoms with van der Waals surface area (Å²) in [6, 6.07) is -0.545. The molecule has 1 aliphatic heterocycles. The first-order valence-corrected chi connectivity index (χ1v) is 5.08. The van der Waals surface area contributed by atoms with Crippen LogP contribution in [-0.2, 0) is 10.0 Å². The molecule has 1 N–H and O–H groups in total. The van der Waals surface area contributed by atoms with E-state index in [1.54, 1.807) is 0 Å². The molecule has 1 saturated heterocycles. The summed E-state index contributed by atoms with van der Waals surface area (Å²) in [5.74, 6) is -0.194. The van der Waals surface area contributed by atoms with Gasteiger partial charge in [-0.15, -0.1) is 6.58 Å². The molecule has 12 heavy (non-hydrogen) atoms. The summed E-state index contributed by atoms with van der Waals surface area (Å²) >= 11 is 0. The second kappa shape index (κ2) is 3.14. The number of rotatable bonds is 3. The average Bonchev–Trinajstić information content (AvgIpc) is 2.35. The number of amides is 2. The van der Waals surface area contributed by atoms with Crippen LogP contribution in [0, 0.1) is 0 Å². The van der Waals surface area contributed by atoms with Gasteiger partial charge in [-0.3, -0.25) is 0 Å². The first kappa shape index (κ1) is 9.05. The summed E-state index contributed by atoms with van der Waals surface area (Å²) in [5.41, 5.74) is 0. The first-order chi connectivity index (χ1) is 5.58. The van der Waals surface area contributed by atoms with Crippen molar-refractivity contribution < 1.29 is 13.2 Å². The molecule has 68 valence electrons. The molecule has 0 saturated carbocycles. The Morgan fingerprint density at radius 2 is 2.33 bits per heavy atom. The van der Waals surface area contributed by atoms with Crippen LogP contribution in [0.2, 0.25) is 0 Å². The predicted molar refractivity (Wildman–Crippen MR) is 44.1 cm³/mol. The summed E-state index contributed by atoms with van der Waals surface area (Å²) < 4.78 is 23.3. The van der Waals surface area contributed by atoms with Gasteiger partial charge in [-0.1, -0.05) is 6.08 Å². The van der Waals surface area contributed by atoms with Crippen molar-refractivity contribution in [1.29, 1.82) is 0 Å². The Labute approximate surface area is 71.1 Å². The summed E-state index contributed by atoms with van der Waals surface area (Å²) in [6.45, 7) is 3.91. The fourth-order valence-corrected chi connectivity index (χ4v) is 2.12. The molecule has 1 rings (SSSR count). The summed E-state index contributed by atoms with van der Waals surface area (Å²) in [4.78, 5) is 10.9. The van der Waals surface area contributed by atoms with Crippen molar-refractivity contribution in [1.82, 2.24) is 9.62 Å². The number of urea groups is 1. The van der Waals surface area contributed by atoms with Crippen molar-refractivity contribution in [2.24, 2.45) is 0 Å². The quantitative estimate of drug-likeness (QED) is 0.612. The number of hydrogen-bond donors (Lipinski definition) is 1. The highest BCUT2D eigenvalue weighted by Gasteiger charge is 2.29. The van der Waals surface area contributed by atoms with Crippen molar-refractivity contribution in [3.8, 4) is 0 Å². The van der Waals surface area contributed by atoms with E-state index in [0.717, 1.165) is 4.31 Å². The lowest BCUT2D eigenvalue weighted by Crippen LogP contribution is -2.35. The van der Waals surface area contributed by atoms with Crippen molar-refractivity contribution in [2.75, 3.05) is 18.8 Å². The van der Waals surface area contributed by atoms with Crippen LogP contribution in [0.1, 0.15) is 0 Å². The predicted octanol–water partition coefficient (Wildman–Crippen LogP) is -0.473. The van der Waals surface area contributed by atoms with E-state index < -0.39 is 16.1 Å². The SMILES string of the molecule is C=CCS(=O)(=O)N1CCNC1=O. The smallest absolute Gasteiger partial charge is 0.331 e. The minimum Gasteiger partial charge on any atom is -0.335 e. The molecule has 0 spiro atoms. The first-order valence-electron chi connectivity index (χ1n) is 3.47. The molecule has 6 heteroatoms. The van der Waals surface area contributed by atoms with E-state index in [9.17, 15) is 13.2 Å². The molecule has 0 radical (unpaired) electrons. The zero-order valence-electron chi connectivity index (χ0n) is 6.49. The van der Waals surface area contributed by atoms with Gasteiger partial charge in [-0.25, -0.2) is 17.5 Å². The summed E-state index contributed by atoms with van der Waals surface area (Å²) in [7, 11) is -3.46. The molecular weight excluding hydrogens is 180 g/mol. The van der Waals surface area contributed by atoms with E-state index in [1.807, 2.05) is 0 Å². The van der Waals surface area contributed by atoms with Gasteiger partial charge in [0, 0.05) is 6.54 Å². The average molecular weight is 190 g/mol. The molecule has 1 aliphatic rings. The van der Waals surface area contributed by atoms with Gasteiger partial charge in [0.15, 0.2) is 0 Å². The maximum absolute atomic E-state index is 11.2. The van der Waals surface area contributed by atoms with E-state index >= 15 is 0 Å². The van der Waals surface area contributed by atoms with Crippen molar-refractivity contribution in [2.45, 2.75) is 0 Å². The van der Waals surface area contributed by atoms with Crippen LogP contribution >= 0.6 is 0 Å². The van der Waals surface area contributed by atoms with Crippen LogP contribution in [0.25, 0.3) is 0 Å². The minimum atomic E-state index is -3.46. The summed E-state index contributed by atoms with van der Waals surface area (Å²) in [6.07, 6.45) is 1.26. The maximum Gasteiger partial charge on any atom is 0.331 e. The molecule has 0 aliphatic carbocycles. The lowest BCUT2D eigenvalue weighted by atomic mass is 10.7. The van der Waals surface area contributed by atoms with Crippen LogP contribution in [-0.4, -0.2) is 37.6 Å². The second-order valence-electron chi connectivity index (χ2n) is 2.37. The van der Waals surface area contributed by atoms with Crippen LogP contribution in [0.3, 0.4) is 0 Å². The van der Waals surface area contributed by atoms with Gasteiger partial charge in [0.2, 0.25) is 10.0 Å². The fraction of sp³-hybridized carbons (Fsp3) is 0.500. The Balaban J connectivity index is 2.81. The number of hydrogen-bond acceptors (Lipinski definition) is 3. The van der Waals surface area contributed by atoms with Gasteiger partial charge in [-0.05, 0) is 0 Å². The standard InChI is InChI=1S/C6H10N2O3S/c1-2-5-12(10,11)8-4-3-7-6(8)9/h2H,1,3-5H2,(H,7,9).